The van der Waals surface area contributed by atoms with Gasteiger partial charge >= 0.3 is 0 Å². The van der Waals surface area contributed by atoms with Gasteiger partial charge in [0.05, 0.1) is 19.8 Å². The normalized spacial score (nSPS) is 9.93. The van der Waals surface area contributed by atoms with E-state index in [1.165, 1.54) is 6.08 Å². The second kappa shape index (κ2) is 5.71. The van der Waals surface area contributed by atoms with Gasteiger partial charge in [-0.05, 0) is 30.7 Å². The lowest BCUT2D eigenvalue weighted by molar-refractivity contribution is 0.311. The summed E-state index contributed by atoms with van der Waals surface area (Å²) >= 11 is 0. The van der Waals surface area contributed by atoms with Crippen LogP contribution in [0.3, 0.4) is 0 Å². The third-order valence-corrected chi connectivity index (χ3v) is 1.84. The minimum atomic E-state index is 0.601. The molecule has 0 fully saturated rings. The van der Waals surface area contributed by atoms with Gasteiger partial charge in [0.25, 0.3) is 0 Å². The van der Waals surface area contributed by atoms with Gasteiger partial charge in [0.1, 0.15) is 0 Å². The van der Waals surface area contributed by atoms with Crippen molar-refractivity contribution in [2.24, 2.45) is 0 Å². The van der Waals surface area contributed by atoms with Crippen LogP contribution in [0.25, 0.3) is 6.08 Å². The van der Waals surface area contributed by atoms with Crippen molar-refractivity contribution in [3.8, 4) is 17.6 Å². The summed E-state index contributed by atoms with van der Waals surface area (Å²) in [4.78, 5) is 0. The van der Waals surface area contributed by atoms with E-state index in [0.717, 1.165) is 5.56 Å². The molecule has 0 saturated carbocycles. The van der Waals surface area contributed by atoms with Crippen molar-refractivity contribution in [3.05, 3.63) is 29.8 Å². The highest BCUT2D eigenvalue weighted by atomic mass is 16.5. The van der Waals surface area contributed by atoms with Crippen LogP contribution < -0.4 is 9.47 Å². The molecular weight excluding hydrogens is 190 g/mol. The number of benzene rings is 1. The monoisotopic (exact) mass is 203 g/mol. The minimum absolute atomic E-state index is 0.601. The van der Waals surface area contributed by atoms with E-state index in [0.29, 0.717) is 18.1 Å². The molecule has 78 valence electrons. The lowest BCUT2D eigenvalue weighted by Gasteiger charge is -2.09. The van der Waals surface area contributed by atoms with Crippen LogP contribution in [0, 0.1) is 11.3 Å². The summed E-state index contributed by atoms with van der Waals surface area (Å²) in [5, 5.41) is 8.40. The zero-order valence-corrected chi connectivity index (χ0v) is 8.86. The summed E-state index contributed by atoms with van der Waals surface area (Å²) in [6.45, 7) is 2.52. The number of rotatable bonds is 4. The summed E-state index contributed by atoms with van der Waals surface area (Å²) in [6, 6.07) is 7.48. The van der Waals surface area contributed by atoms with Gasteiger partial charge in [-0.3, -0.25) is 0 Å². The maximum Gasteiger partial charge on any atom is 0.161 e. The third kappa shape index (κ3) is 3.03. The van der Waals surface area contributed by atoms with Gasteiger partial charge in [0, 0.05) is 6.08 Å². The molecule has 0 aliphatic carbocycles. The maximum atomic E-state index is 8.40. The maximum absolute atomic E-state index is 8.40. The Balaban J connectivity index is 2.97. The van der Waals surface area contributed by atoms with E-state index in [2.05, 4.69) is 0 Å². The first-order valence-corrected chi connectivity index (χ1v) is 4.68. The molecule has 0 N–H and O–H groups in total. The van der Waals surface area contributed by atoms with Crippen LogP contribution in [0.2, 0.25) is 0 Å². The summed E-state index contributed by atoms with van der Waals surface area (Å²) < 4.78 is 10.5. The molecule has 0 saturated heterocycles. The van der Waals surface area contributed by atoms with Crippen LogP contribution in [-0.2, 0) is 0 Å². The first-order valence-electron chi connectivity index (χ1n) is 4.68. The quantitative estimate of drug-likeness (QED) is 0.706. The van der Waals surface area contributed by atoms with Crippen molar-refractivity contribution in [2.45, 2.75) is 6.92 Å². The van der Waals surface area contributed by atoms with E-state index in [4.69, 9.17) is 14.7 Å². The lowest BCUT2D eigenvalue weighted by atomic mass is 10.2. The molecule has 1 rings (SSSR count). The fourth-order valence-corrected chi connectivity index (χ4v) is 1.20. The summed E-state index contributed by atoms with van der Waals surface area (Å²) in [6.07, 6.45) is 3.15. The Kier molecular flexibility index (Phi) is 4.24. The van der Waals surface area contributed by atoms with Gasteiger partial charge in [-0.1, -0.05) is 6.07 Å². The minimum Gasteiger partial charge on any atom is -0.493 e. The molecule has 3 nitrogen and oxygen atoms in total. The van der Waals surface area contributed by atoms with E-state index in [1.54, 1.807) is 13.2 Å². The Bertz CT molecular complexity index is 391. The van der Waals surface area contributed by atoms with Crippen molar-refractivity contribution in [1.82, 2.24) is 0 Å². The van der Waals surface area contributed by atoms with Gasteiger partial charge in [-0.2, -0.15) is 5.26 Å². The predicted molar refractivity (Wildman–Crippen MR) is 58.8 cm³/mol. The number of ether oxygens (including phenoxy) is 2. The summed E-state index contributed by atoms with van der Waals surface area (Å²) in [7, 11) is 1.59. The highest BCUT2D eigenvalue weighted by molar-refractivity contribution is 5.57. The second-order valence-corrected chi connectivity index (χ2v) is 2.81. The second-order valence-electron chi connectivity index (χ2n) is 2.81. The molecule has 0 radical (unpaired) electrons. The highest BCUT2D eigenvalue weighted by Gasteiger charge is 2.03. The standard InChI is InChI=1S/C12H13NO2/c1-3-15-11-7-6-10(5-4-8-13)9-12(11)14-2/h4-7,9H,3H2,1-2H3/b5-4+. The third-order valence-electron chi connectivity index (χ3n) is 1.84. The molecule has 0 bridgehead atoms. The van der Waals surface area contributed by atoms with Crippen LogP contribution in [0.4, 0.5) is 0 Å². The Labute approximate surface area is 89.6 Å². The summed E-state index contributed by atoms with van der Waals surface area (Å²) in [5.41, 5.74) is 0.914. The Morgan fingerprint density at radius 1 is 1.40 bits per heavy atom. The van der Waals surface area contributed by atoms with Gasteiger partial charge in [-0.25, -0.2) is 0 Å². The molecule has 0 spiro atoms. The average Bonchev–Trinajstić information content (AvgIpc) is 2.28. The van der Waals surface area contributed by atoms with Crippen molar-refractivity contribution < 1.29 is 9.47 Å². The largest absolute Gasteiger partial charge is 0.493 e. The molecule has 0 heterocycles. The summed E-state index contributed by atoms with van der Waals surface area (Å²) in [5.74, 6) is 1.39. The van der Waals surface area contributed by atoms with Crippen molar-refractivity contribution in [3.63, 3.8) is 0 Å². The number of hydrogen-bond donors (Lipinski definition) is 0. The molecule has 0 atom stereocenters. The Morgan fingerprint density at radius 2 is 2.20 bits per heavy atom. The molecule has 0 aromatic heterocycles. The number of methoxy groups -OCH3 is 1. The van der Waals surface area contributed by atoms with Crippen molar-refractivity contribution in [1.29, 1.82) is 5.26 Å². The van der Waals surface area contributed by atoms with E-state index >= 15 is 0 Å². The molecule has 0 amide bonds. The van der Waals surface area contributed by atoms with Crippen LogP contribution in [0.1, 0.15) is 12.5 Å². The van der Waals surface area contributed by atoms with E-state index in [9.17, 15) is 0 Å². The number of nitrogens with zero attached hydrogens (tertiary/aromatic N) is 1. The van der Waals surface area contributed by atoms with Crippen LogP contribution >= 0.6 is 0 Å². The average molecular weight is 203 g/mol. The molecule has 3 heteroatoms. The predicted octanol–water partition coefficient (Wildman–Crippen LogP) is 2.63. The fourth-order valence-electron chi connectivity index (χ4n) is 1.20. The van der Waals surface area contributed by atoms with Gasteiger partial charge in [0.2, 0.25) is 0 Å². The Morgan fingerprint density at radius 3 is 2.80 bits per heavy atom. The lowest BCUT2D eigenvalue weighted by Crippen LogP contribution is -1.95. The molecule has 0 aliphatic heterocycles. The molecule has 15 heavy (non-hydrogen) atoms. The van der Waals surface area contributed by atoms with Crippen LogP contribution in [0.5, 0.6) is 11.5 Å². The molecule has 0 aliphatic rings. The molecule has 0 unspecified atom stereocenters. The Hall–Kier alpha value is -1.95. The molecule has 1 aromatic carbocycles. The number of allylic oxidation sites excluding steroid dienone is 1. The SMILES string of the molecule is CCOc1ccc(/C=C/C#N)cc1OC. The van der Waals surface area contributed by atoms with Crippen molar-refractivity contribution >= 4 is 6.08 Å². The first-order chi connectivity index (χ1) is 7.31. The topological polar surface area (TPSA) is 42.2 Å². The van der Waals surface area contributed by atoms with Gasteiger partial charge in [0.15, 0.2) is 11.5 Å². The van der Waals surface area contributed by atoms with Crippen LogP contribution in [0.15, 0.2) is 24.3 Å². The van der Waals surface area contributed by atoms with E-state index in [1.807, 2.05) is 31.2 Å². The zero-order valence-electron chi connectivity index (χ0n) is 8.86. The molecular formula is C12H13NO2. The zero-order chi connectivity index (χ0) is 11.1. The fraction of sp³-hybridized carbons (Fsp3) is 0.250. The van der Waals surface area contributed by atoms with Gasteiger partial charge in [-0.15, -0.1) is 0 Å². The van der Waals surface area contributed by atoms with Crippen molar-refractivity contribution in [2.75, 3.05) is 13.7 Å². The highest BCUT2D eigenvalue weighted by Crippen LogP contribution is 2.28. The van der Waals surface area contributed by atoms with Crippen LogP contribution in [-0.4, -0.2) is 13.7 Å². The van der Waals surface area contributed by atoms with E-state index in [-0.39, 0.29) is 0 Å². The molecule has 1 aromatic rings. The number of nitriles is 1. The number of hydrogen-bond acceptors (Lipinski definition) is 3. The first kappa shape index (κ1) is 11.1. The van der Waals surface area contributed by atoms with E-state index < -0.39 is 0 Å². The smallest absolute Gasteiger partial charge is 0.161 e. The van der Waals surface area contributed by atoms with Gasteiger partial charge < -0.3 is 9.47 Å².